The Balaban J connectivity index is 0. The van der Waals surface area contributed by atoms with Crippen molar-refractivity contribution in [2.24, 2.45) is 0 Å². The van der Waals surface area contributed by atoms with Gasteiger partial charge < -0.3 is 0 Å². The Morgan fingerprint density at radius 2 is 1.25 bits per heavy atom. The van der Waals surface area contributed by atoms with E-state index < -0.39 is 18.5 Å². The second kappa shape index (κ2) is 9.10. The molecule has 0 atom stereocenters. The molecule has 0 saturated carbocycles. The molecule has 0 spiro atoms. The van der Waals surface area contributed by atoms with Gasteiger partial charge in [-0.15, -0.1) is 0 Å². The SMILES string of the molecule is [Li].[O]=[W]=[O]. The van der Waals surface area contributed by atoms with Crippen LogP contribution in [-0.2, 0) is 25.3 Å². The van der Waals surface area contributed by atoms with Crippen LogP contribution in [0.3, 0.4) is 0 Å². The Kier molecular flexibility index (Phi) is 20.2. The molecule has 1 radical (unpaired) electrons. The monoisotopic (exact) mass is 223 g/mol. The Bertz CT molecular complexity index is 27.0. The van der Waals surface area contributed by atoms with E-state index in [0.29, 0.717) is 0 Å². The van der Waals surface area contributed by atoms with Crippen LogP contribution in [0.15, 0.2) is 0 Å². The normalized spacial score (nSPS) is 3.00. The molecular weight excluding hydrogens is 223 g/mol. The van der Waals surface area contributed by atoms with Crippen molar-refractivity contribution >= 4 is 18.9 Å². The number of hydrogen-bond donors (Lipinski definition) is 0. The van der Waals surface area contributed by atoms with Gasteiger partial charge in [0.2, 0.25) is 0 Å². The van der Waals surface area contributed by atoms with E-state index in [1.54, 1.807) is 0 Å². The Labute approximate surface area is 44.3 Å². The zero-order valence-corrected chi connectivity index (χ0v) is 5.16. The van der Waals surface area contributed by atoms with Gasteiger partial charge in [-0.3, -0.25) is 0 Å². The fourth-order valence-electron chi connectivity index (χ4n) is 0. The van der Waals surface area contributed by atoms with Gasteiger partial charge in [-0.2, -0.15) is 0 Å². The van der Waals surface area contributed by atoms with Gasteiger partial charge in [0.1, 0.15) is 0 Å². The summed E-state index contributed by atoms with van der Waals surface area (Å²) in [4.78, 5) is 0. The van der Waals surface area contributed by atoms with Crippen LogP contribution in [-0.4, -0.2) is 18.9 Å². The summed E-state index contributed by atoms with van der Waals surface area (Å²) in [7, 11) is 0. The molecular formula is LiO2W. The minimum absolute atomic E-state index is 0. The molecule has 0 aliphatic rings. The fraction of sp³-hybridized carbons (Fsp3) is 0. The van der Waals surface area contributed by atoms with Crippen molar-refractivity contribution in [3.63, 3.8) is 0 Å². The summed E-state index contributed by atoms with van der Waals surface area (Å²) in [6.07, 6.45) is 0. The molecule has 0 aromatic rings. The van der Waals surface area contributed by atoms with Crippen molar-refractivity contribution in [2.75, 3.05) is 0 Å². The summed E-state index contributed by atoms with van der Waals surface area (Å²) >= 11 is -2.25. The van der Waals surface area contributed by atoms with Gasteiger partial charge in [0.25, 0.3) is 0 Å². The predicted molar refractivity (Wildman–Crippen MR) is 7.13 cm³/mol. The number of rotatable bonds is 0. The first-order chi connectivity index (χ1) is 1.41. The van der Waals surface area contributed by atoms with Gasteiger partial charge in [-0.05, 0) is 0 Å². The van der Waals surface area contributed by atoms with Crippen molar-refractivity contribution in [1.82, 2.24) is 0 Å². The number of hydrogen-bond acceptors (Lipinski definition) is 2. The van der Waals surface area contributed by atoms with Crippen LogP contribution in [0.25, 0.3) is 0 Å². The molecule has 0 bridgehead atoms. The molecule has 0 rings (SSSR count). The second-order valence-electron chi connectivity index (χ2n) is 0.0680. The molecule has 0 aromatic heterocycles. The Morgan fingerprint density at radius 1 is 1.25 bits per heavy atom. The quantitative estimate of drug-likeness (QED) is 0.512. The van der Waals surface area contributed by atoms with Crippen LogP contribution in [0.2, 0.25) is 0 Å². The molecule has 0 N–H and O–H groups in total. The molecule has 0 aliphatic heterocycles. The van der Waals surface area contributed by atoms with Gasteiger partial charge in [-0.25, -0.2) is 0 Å². The first-order valence-electron chi connectivity index (χ1n) is 0.333. The molecule has 0 amide bonds. The van der Waals surface area contributed by atoms with E-state index >= 15 is 0 Å². The van der Waals surface area contributed by atoms with Gasteiger partial charge in [-0.1, -0.05) is 0 Å². The third kappa shape index (κ3) is 13.1. The molecule has 2 nitrogen and oxygen atoms in total. The van der Waals surface area contributed by atoms with Crippen LogP contribution >= 0.6 is 0 Å². The topological polar surface area (TPSA) is 34.1 Å². The van der Waals surface area contributed by atoms with E-state index in [1.165, 1.54) is 0 Å². The molecule has 4 heavy (non-hydrogen) atoms. The maximum atomic E-state index is 8.54. The van der Waals surface area contributed by atoms with Gasteiger partial charge in [0.05, 0.1) is 0 Å². The summed E-state index contributed by atoms with van der Waals surface area (Å²) in [5.41, 5.74) is 0. The first kappa shape index (κ1) is 8.86. The fourth-order valence-corrected chi connectivity index (χ4v) is 0. The van der Waals surface area contributed by atoms with Gasteiger partial charge in [0.15, 0.2) is 0 Å². The minimum atomic E-state index is -2.25. The van der Waals surface area contributed by atoms with Crippen LogP contribution < -0.4 is 0 Å². The van der Waals surface area contributed by atoms with E-state index in [1.807, 2.05) is 0 Å². The maximum absolute atomic E-state index is 8.54. The zero-order chi connectivity index (χ0) is 2.71. The molecule has 0 heterocycles. The summed E-state index contributed by atoms with van der Waals surface area (Å²) in [6, 6.07) is 0. The summed E-state index contributed by atoms with van der Waals surface area (Å²) < 4.78 is 17.1. The second-order valence-corrected chi connectivity index (χ2v) is 0.557. The van der Waals surface area contributed by atoms with Crippen molar-refractivity contribution in [2.45, 2.75) is 0 Å². The van der Waals surface area contributed by atoms with Crippen LogP contribution in [0.4, 0.5) is 0 Å². The van der Waals surface area contributed by atoms with Crippen molar-refractivity contribution in [3.8, 4) is 0 Å². The van der Waals surface area contributed by atoms with Crippen LogP contribution in [0.1, 0.15) is 0 Å². The standard InChI is InChI=1S/Li.2O.W. The molecule has 0 saturated heterocycles. The van der Waals surface area contributed by atoms with Crippen LogP contribution in [0.5, 0.6) is 0 Å². The van der Waals surface area contributed by atoms with Crippen LogP contribution in [0, 0.1) is 0 Å². The van der Waals surface area contributed by atoms with E-state index in [4.69, 9.17) is 6.80 Å². The average Bonchev–Trinajstić information content (AvgIpc) is 0.918. The van der Waals surface area contributed by atoms with Crippen molar-refractivity contribution in [1.29, 1.82) is 0 Å². The molecule has 0 fully saturated rings. The molecule has 0 aromatic carbocycles. The van der Waals surface area contributed by atoms with Crippen molar-refractivity contribution < 1.29 is 25.3 Å². The zero-order valence-electron chi connectivity index (χ0n) is 2.22. The average molecular weight is 223 g/mol. The van der Waals surface area contributed by atoms with E-state index in [2.05, 4.69) is 0 Å². The molecule has 19 valence electrons. The van der Waals surface area contributed by atoms with Gasteiger partial charge >= 0.3 is 25.3 Å². The Hall–Kier alpha value is 0.886. The first-order valence-corrected chi connectivity index (χ1v) is 2.73. The third-order valence-electron chi connectivity index (χ3n) is 0. The van der Waals surface area contributed by atoms with E-state index in [0.717, 1.165) is 0 Å². The van der Waals surface area contributed by atoms with Crippen molar-refractivity contribution in [3.05, 3.63) is 0 Å². The van der Waals surface area contributed by atoms with E-state index in [9.17, 15) is 0 Å². The summed E-state index contributed by atoms with van der Waals surface area (Å²) in [5.74, 6) is 0. The van der Waals surface area contributed by atoms with Gasteiger partial charge in [0, 0.05) is 18.9 Å². The molecule has 0 unspecified atom stereocenters. The summed E-state index contributed by atoms with van der Waals surface area (Å²) in [5, 5.41) is 0. The molecule has 0 aliphatic carbocycles. The molecule has 4 heteroatoms. The summed E-state index contributed by atoms with van der Waals surface area (Å²) in [6.45, 7) is 0. The third-order valence-corrected chi connectivity index (χ3v) is 0. The van der Waals surface area contributed by atoms with E-state index in [-0.39, 0.29) is 18.9 Å². The Morgan fingerprint density at radius 3 is 1.25 bits per heavy atom. The predicted octanol–water partition coefficient (Wildman–Crippen LogP) is -0.621.